The Balaban J connectivity index is 1.63. The first-order chi connectivity index (χ1) is 10.1. The first-order valence-electron chi connectivity index (χ1n) is 7.38. The van der Waals surface area contributed by atoms with E-state index in [-0.39, 0.29) is 0 Å². The van der Waals surface area contributed by atoms with Crippen LogP contribution < -0.4 is 5.32 Å². The van der Waals surface area contributed by atoms with E-state index in [2.05, 4.69) is 22.3 Å². The molecule has 114 valence electrons. The van der Waals surface area contributed by atoms with Crippen molar-refractivity contribution in [2.45, 2.75) is 33.0 Å². The SMILES string of the molecule is Cc1cc2c(NCC(C)CC3(C)OCCO3)nccn2n1. The van der Waals surface area contributed by atoms with Crippen LogP contribution in [0.25, 0.3) is 5.52 Å². The molecule has 3 rings (SSSR count). The lowest BCUT2D eigenvalue weighted by molar-refractivity contribution is -0.153. The van der Waals surface area contributed by atoms with Crippen LogP contribution in [-0.4, -0.2) is 40.1 Å². The molecular formula is C15H22N4O2. The first-order valence-corrected chi connectivity index (χ1v) is 7.38. The molecule has 1 N–H and O–H groups in total. The first kappa shape index (κ1) is 14.3. The number of ether oxygens (including phenoxy) is 2. The van der Waals surface area contributed by atoms with Crippen molar-refractivity contribution in [3.05, 3.63) is 24.2 Å². The molecule has 2 aromatic rings. The second kappa shape index (κ2) is 5.61. The van der Waals surface area contributed by atoms with Crippen LogP contribution in [0.5, 0.6) is 0 Å². The third-order valence-electron chi connectivity index (χ3n) is 3.75. The highest BCUT2D eigenvalue weighted by Gasteiger charge is 2.32. The summed E-state index contributed by atoms with van der Waals surface area (Å²) in [6.07, 6.45) is 4.48. The minimum atomic E-state index is -0.437. The lowest BCUT2D eigenvalue weighted by Gasteiger charge is -2.26. The van der Waals surface area contributed by atoms with Gasteiger partial charge in [0.05, 0.1) is 18.9 Å². The van der Waals surface area contributed by atoms with Crippen molar-refractivity contribution in [3.63, 3.8) is 0 Å². The molecule has 1 aliphatic heterocycles. The Morgan fingerprint density at radius 1 is 1.43 bits per heavy atom. The molecule has 1 atom stereocenters. The molecule has 21 heavy (non-hydrogen) atoms. The van der Waals surface area contributed by atoms with E-state index in [0.717, 1.165) is 30.0 Å². The fourth-order valence-electron chi connectivity index (χ4n) is 2.83. The number of aromatic nitrogens is 3. The van der Waals surface area contributed by atoms with Crippen molar-refractivity contribution < 1.29 is 9.47 Å². The van der Waals surface area contributed by atoms with E-state index in [1.54, 1.807) is 6.20 Å². The number of fused-ring (bicyclic) bond motifs is 1. The second-order valence-electron chi connectivity index (χ2n) is 5.91. The molecule has 0 aromatic carbocycles. The smallest absolute Gasteiger partial charge is 0.166 e. The molecule has 1 saturated heterocycles. The van der Waals surface area contributed by atoms with Crippen molar-refractivity contribution >= 4 is 11.3 Å². The highest BCUT2D eigenvalue weighted by Crippen LogP contribution is 2.27. The highest BCUT2D eigenvalue weighted by molar-refractivity contribution is 5.67. The van der Waals surface area contributed by atoms with Gasteiger partial charge in [0.25, 0.3) is 0 Å². The molecule has 1 unspecified atom stereocenters. The van der Waals surface area contributed by atoms with Crippen LogP contribution in [0.1, 0.15) is 26.0 Å². The van der Waals surface area contributed by atoms with E-state index in [0.29, 0.717) is 19.1 Å². The van der Waals surface area contributed by atoms with Crippen LogP contribution in [0.2, 0.25) is 0 Å². The zero-order chi connectivity index (χ0) is 14.9. The summed E-state index contributed by atoms with van der Waals surface area (Å²) < 4.78 is 13.2. The molecule has 0 radical (unpaired) electrons. The normalized spacial score (nSPS) is 19.0. The van der Waals surface area contributed by atoms with E-state index < -0.39 is 5.79 Å². The van der Waals surface area contributed by atoms with Crippen molar-refractivity contribution in [2.75, 3.05) is 25.1 Å². The van der Waals surface area contributed by atoms with E-state index in [4.69, 9.17) is 9.47 Å². The number of nitrogens with one attached hydrogen (secondary N) is 1. The van der Waals surface area contributed by atoms with Gasteiger partial charge in [-0.25, -0.2) is 9.50 Å². The quantitative estimate of drug-likeness (QED) is 0.915. The molecular weight excluding hydrogens is 268 g/mol. The second-order valence-corrected chi connectivity index (χ2v) is 5.91. The Hall–Kier alpha value is -1.66. The van der Waals surface area contributed by atoms with Gasteiger partial charge in [-0.05, 0) is 25.8 Å². The zero-order valence-corrected chi connectivity index (χ0v) is 12.8. The van der Waals surface area contributed by atoms with E-state index in [1.165, 1.54) is 0 Å². The molecule has 0 amide bonds. The van der Waals surface area contributed by atoms with Crippen LogP contribution in [0.3, 0.4) is 0 Å². The van der Waals surface area contributed by atoms with Crippen LogP contribution in [-0.2, 0) is 9.47 Å². The van der Waals surface area contributed by atoms with Gasteiger partial charge >= 0.3 is 0 Å². The van der Waals surface area contributed by atoms with Crippen LogP contribution in [0, 0.1) is 12.8 Å². The molecule has 0 bridgehead atoms. The lowest BCUT2D eigenvalue weighted by atomic mass is 10.0. The predicted octanol–water partition coefficient (Wildman–Crippen LogP) is 2.24. The van der Waals surface area contributed by atoms with Gasteiger partial charge in [-0.1, -0.05) is 6.92 Å². The fourth-order valence-corrected chi connectivity index (χ4v) is 2.83. The summed E-state index contributed by atoms with van der Waals surface area (Å²) in [4.78, 5) is 4.41. The fraction of sp³-hybridized carbons (Fsp3) is 0.600. The summed E-state index contributed by atoms with van der Waals surface area (Å²) in [7, 11) is 0. The number of hydrogen-bond donors (Lipinski definition) is 1. The maximum atomic E-state index is 5.66. The van der Waals surface area contributed by atoms with Gasteiger partial charge in [0, 0.05) is 25.4 Å². The van der Waals surface area contributed by atoms with Crippen molar-refractivity contribution in [1.82, 2.24) is 14.6 Å². The van der Waals surface area contributed by atoms with Gasteiger partial charge < -0.3 is 14.8 Å². The predicted molar refractivity (Wildman–Crippen MR) is 80.3 cm³/mol. The highest BCUT2D eigenvalue weighted by atomic mass is 16.7. The topological polar surface area (TPSA) is 60.7 Å². The minimum absolute atomic E-state index is 0.416. The number of anilines is 1. The molecule has 6 heteroatoms. The van der Waals surface area contributed by atoms with Gasteiger partial charge in [0.2, 0.25) is 0 Å². The standard InChI is InChI=1S/C15H22N4O2/c1-11(9-15(3)20-6-7-21-15)10-17-14-13-8-12(2)18-19(13)5-4-16-14/h4-5,8,11H,6-7,9-10H2,1-3H3,(H,16,17). The summed E-state index contributed by atoms with van der Waals surface area (Å²) >= 11 is 0. The van der Waals surface area contributed by atoms with Gasteiger partial charge in [0.15, 0.2) is 11.6 Å². The Morgan fingerprint density at radius 3 is 2.95 bits per heavy atom. The molecule has 3 heterocycles. The van der Waals surface area contributed by atoms with E-state index in [1.807, 2.05) is 30.6 Å². The average Bonchev–Trinajstić information content (AvgIpc) is 3.01. The summed E-state index contributed by atoms with van der Waals surface area (Å²) in [5, 5.41) is 7.80. The zero-order valence-electron chi connectivity index (χ0n) is 12.8. The Bertz CT molecular complexity index is 619. The van der Waals surface area contributed by atoms with Gasteiger partial charge in [-0.3, -0.25) is 0 Å². The molecule has 1 fully saturated rings. The molecule has 0 spiro atoms. The Morgan fingerprint density at radius 2 is 2.19 bits per heavy atom. The molecule has 0 aliphatic carbocycles. The number of nitrogens with zero attached hydrogens (tertiary/aromatic N) is 3. The van der Waals surface area contributed by atoms with Crippen LogP contribution in [0.15, 0.2) is 18.5 Å². The number of rotatable bonds is 5. The average molecular weight is 290 g/mol. The van der Waals surface area contributed by atoms with Crippen LogP contribution in [0.4, 0.5) is 5.82 Å². The third kappa shape index (κ3) is 3.16. The summed E-state index contributed by atoms with van der Waals surface area (Å²) in [6, 6.07) is 2.03. The number of aryl methyl sites for hydroxylation is 1. The molecule has 6 nitrogen and oxygen atoms in total. The van der Waals surface area contributed by atoms with Crippen molar-refractivity contribution in [1.29, 1.82) is 0 Å². The lowest BCUT2D eigenvalue weighted by Crippen LogP contribution is -2.30. The monoisotopic (exact) mass is 290 g/mol. The maximum Gasteiger partial charge on any atom is 0.166 e. The van der Waals surface area contributed by atoms with Crippen molar-refractivity contribution in [3.8, 4) is 0 Å². The Labute approximate surface area is 124 Å². The number of hydrogen-bond acceptors (Lipinski definition) is 5. The molecule has 2 aromatic heterocycles. The van der Waals surface area contributed by atoms with E-state index in [9.17, 15) is 0 Å². The maximum absolute atomic E-state index is 5.66. The van der Waals surface area contributed by atoms with Crippen molar-refractivity contribution in [2.24, 2.45) is 5.92 Å². The van der Waals surface area contributed by atoms with Gasteiger partial charge in [-0.15, -0.1) is 0 Å². The minimum Gasteiger partial charge on any atom is -0.368 e. The summed E-state index contributed by atoms with van der Waals surface area (Å²) in [6.45, 7) is 8.37. The summed E-state index contributed by atoms with van der Waals surface area (Å²) in [5.74, 6) is 0.843. The van der Waals surface area contributed by atoms with Gasteiger partial charge in [-0.2, -0.15) is 5.10 Å². The van der Waals surface area contributed by atoms with Gasteiger partial charge in [0.1, 0.15) is 5.52 Å². The molecule has 0 saturated carbocycles. The largest absolute Gasteiger partial charge is 0.368 e. The summed E-state index contributed by atoms with van der Waals surface area (Å²) in [5.41, 5.74) is 1.99. The molecule has 1 aliphatic rings. The Kier molecular flexibility index (Phi) is 3.82. The van der Waals surface area contributed by atoms with Crippen LogP contribution >= 0.6 is 0 Å². The third-order valence-corrected chi connectivity index (χ3v) is 3.75. The van der Waals surface area contributed by atoms with E-state index >= 15 is 0 Å².